The molecular formula is C17H19BrO. The van der Waals surface area contributed by atoms with Gasteiger partial charge in [0.1, 0.15) is 0 Å². The van der Waals surface area contributed by atoms with E-state index in [-0.39, 0.29) is 0 Å². The number of hydrogen-bond acceptors (Lipinski definition) is 1. The van der Waals surface area contributed by atoms with E-state index < -0.39 is 5.60 Å². The molecule has 1 unspecified atom stereocenters. The third-order valence-corrected chi connectivity index (χ3v) is 4.19. The molecular weight excluding hydrogens is 300 g/mol. The zero-order chi connectivity index (χ0) is 13.7. The van der Waals surface area contributed by atoms with Gasteiger partial charge >= 0.3 is 0 Å². The molecule has 0 radical (unpaired) electrons. The number of halogens is 1. The van der Waals surface area contributed by atoms with E-state index in [2.05, 4.69) is 28.9 Å². The minimum Gasteiger partial charge on any atom is -0.385 e. The zero-order valence-corrected chi connectivity index (χ0v) is 12.7. The fraction of sp³-hybridized carbons (Fsp3) is 0.294. The summed E-state index contributed by atoms with van der Waals surface area (Å²) in [7, 11) is 0. The summed E-state index contributed by atoms with van der Waals surface area (Å²) >= 11 is 3.56. The topological polar surface area (TPSA) is 20.2 Å². The minimum absolute atomic E-state index is 0.631. The van der Waals surface area contributed by atoms with Gasteiger partial charge in [-0.15, -0.1) is 0 Å². The molecule has 2 rings (SSSR count). The van der Waals surface area contributed by atoms with Gasteiger partial charge in [-0.25, -0.2) is 0 Å². The molecule has 0 aliphatic rings. The Balaban J connectivity index is 2.33. The third-order valence-electron chi connectivity index (χ3n) is 3.42. The maximum atomic E-state index is 11.0. The van der Waals surface area contributed by atoms with Crippen molar-refractivity contribution in [1.82, 2.24) is 0 Å². The molecule has 0 heterocycles. The molecule has 1 atom stereocenters. The van der Waals surface area contributed by atoms with Gasteiger partial charge in [0.25, 0.3) is 0 Å². The van der Waals surface area contributed by atoms with E-state index in [4.69, 9.17) is 0 Å². The molecule has 0 saturated heterocycles. The highest BCUT2D eigenvalue weighted by atomic mass is 79.9. The lowest BCUT2D eigenvalue weighted by atomic mass is 9.84. The van der Waals surface area contributed by atoms with Crippen LogP contribution in [-0.2, 0) is 12.0 Å². The Morgan fingerprint density at radius 1 is 1.00 bits per heavy atom. The molecule has 0 aliphatic heterocycles. The van der Waals surface area contributed by atoms with E-state index in [0.717, 1.165) is 28.4 Å². The largest absolute Gasteiger partial charge is 0.385 e. The molecule has 2 heteroatoms. The van der Waals surface area contributed by atoms with Crippen LogP contribution in [-0.4, -0.2) is 5.11 Å². The van der Waals surface area contributed by atoms with E-state index >= 15 is 0 Å². The summed E-state index contributed by atoms with van der Waals surface area (Å²) in [6.45, 7) is 2.11. The molecule has 0 saturated carbocycles. The molecule has 0 spiro atoms. The van der Waals surface area contributed by atoms with Gasteiger partial charge in [-0.05, 0) is 23.6 Å². The number of hydrogen-bond donors (Lipinski definition) is 1. The Hall–Kier alpha value is -1.12. The molecule has 2 aromatic carbocycles. The second kappa shape index (κ2) is 6.36. The van der Waals surface area contributed by atoms with Gasteiger partial charge in [-0.2, -0.15) is 0 Å². The summed E-state index contributed by atoms with van der Waals surface area (Å²) in [6.07, 6.45) is 2.35. The van der Waals surface area contributed by atoms with Crippen molar-refractivity contribution in [3.8, 4) is 0 Å². The first kappa shape index (κ1) is 14.3. The average molecular weight is 319 g/mol. The molecule has 0 fully saturated rings. The van der Waals surface area contributed by atoms with Gasteiger partial charge in [-0.3, -0.25) is 0 Å². The molecule has 1 N–H and O–H groups in total. The van der Waals surface area contributed by atoms with Crippen LogP contribution >= 0.6 is 15.9 Å². The van der Waals surface area contributed by atoms with Crippen molar-refractivity contribution in [2.75, 3.05) is 0 Å². The van der Waals surface area contributed by atoms with E-state index in [0.29, 0.717) is 6.42 Å². The minimum atomic E-state index is -0.792. The van der Waals surface area contributed by atoms with Crippen molar-refractivity contribution >= 4 is 15.9 Å². The first-order valence-corrected chi connectivity index (χ1v) is 7.46. The lowest BCUT2D eigenvalue weighted by Gasteiger charge is -2.29. The molecule has 100 valence electrons. The number of aliphatic hydroxyl groups is 1. The summed E-state index contributed by atoms with van der Waals surface area (Å²) < 4.78 is 1.06. The molecule has 0 amide bonds. The standard InChI is InChI=1S/C17H19BrO/c1-2-12-17(19,15-9-4-3-5-10-15)13-14-8-6-7-11-16(14)18/h3-11,19H,2,12-13H2,1H3. The molecule has 19 heavy (non-hydrogen) atoms. The van der Waals surface area contributed by atoms with Crippen molar-refractivity contribution in [1.29, 1.82) is 0 Å². The first-order chi connectivity index (χ1) is 9.15. The fourth-order valence-electron chi connectivity index (χ4n) is 2.45. The summed E-state index contributed by atoms with van der Waals surface area (Å²) in [5.74, 6) is 0. The number of rotatable bonds is 5. The van der Waals surface area contributed by atoms with Gasteiger partial charge < -0.3 is 5.11 Å². The molecule has 2 aromatic rings. The van der Waals surface area contributed by atoms with Crippen molar-refractivity contribution in [2.45, 2.75) is 31.8 Å². The Kier molecular flexibility index (Phi) is 4.78. The van der Waals surface area contributed by atoms with Crippen LogP contribution in [0.25, 0.3) is 0 Å². The number of benzene rings is 2. The normalized spacial score (nSPS) is 14.1. The molecule has 1 nitrogen and oxygen atoms in total. The van der Waals surface area contributed by atoms with Crippen LogP contribution in [0, 0.1) is 0 Å². The second-order valence-corrected chi connectivity index (χ2v) is 5.77. The summed E-state index contributed by atoms with van der Waals surface area (Å²) in [4.78, 5) is 0. The van der Waals surface area contributed by atoms with Gasteiger partial charge in [0.05, 0.1) is 5.60 Å². The highest BCUT2D eigenvalue weighted by molar-refractivity contribution is 9.10. The van der Waals surface area contributed by atoms with Crippen LogP contribution < -0.4 is 0 Å². The van der Waals surface area contributed by atoms with Crippen molar-refractivity contribution in [2.24, 2.45) is 0 Å². The van der Waals surface area contributed by atoms with E-state index in [1.54, 1.807) is 0 Å². The summed E-state index contributed by atoms with van der Waals surface area (Å²) in [5.41, 5.74) is 1.34. The van der Waals surface area contributed by atoms with Crippen LogP contribution in [0.4, 0.5) is 0 Å². The third kappa shape index (κ3) is 3.46. The predicted molar refractivity (Wildman–Crippen MR) is 83.1 cm³/mol. The van der Waals surface area contributed by atoms with Gasteiger partial charge in [0, 0.05) is 10.9 Å². The van der Waals surface area contributed by atoms with Gasteiger partial charge in [0.2, 0.25) is 0 Å². The highest BCUT2D eigenvalue weighted by Gasteiger charge is 2.28. The Bertz CT molecular complexity index is 524. The predicted octanol–water partition coefficient (Wildman–Crippen LogP) is 4.68. The quantitative estimate of drug-likeness (QED) is 0.848. The molecule has 0 bridgehead atoms. The summed E-state index contributed by atoms with van der Waals surface area (Å²) in [5, 5.41) is 11.0. The zero-order valence-electron chi connectivity index (χ0n) is 11.1. The van der Waals surface area contributed by atoms with Crippen molar-refractivity contribution in [3.63, 3.8) is 0 Å². The maximum Gasteiger partial charge on any atom is 0.0937 e. The van der Waals surface area contributed by atoms with Crippen LogP contribution in [0.1, 0.15) is 30.9 Å². The van der Waals surface area contributed by atoms with E-state index in [1.807, 2.05) is 48.5 Å². The smallest absolute Gasteiger partial charge is 0.0937 e. The van der Waals surface area contributed by atoms with Crippen molar-refractivity contribution < 1.29 is 5.11 Å². The second-order valence-electron chi connectivity index (χ2n) is 4.92. The van der Waals surface area contributed by atoms with E-state index in [9.17, 15) is 5.11 Å². The SMILES string of the molecule is CCCC(O)(Cc1ccccc1Br)c1ccccc1. The van der Waals surface area contributed by atoms with Gasteiger partial charge in [-0.1, -0.05) is 77.8 Å². The van der Waals surface area contributed by atoms with Crippen LogP contribution in [0.5, 0.6) is 0 Å². The summed E-state index contributed by atoms with van der Waals surface area (Å²) in [6, 6.07) is 18.0. The van der Waals surface area contributed by atoms with Crippen LogP contribution in [0.3, 0.4) is 0 Å². The Morgan fingerprint density at radius 2 is 1.63 bits per heavy atom. The molecule has 0 aromatic heterocycles. The van der Waals surface area contributed by atoms with Crippen LogP contribution in [0.15, 0.2) is 59.1 Å². The maximum absolute atomic E-state index is 11.0. The molecule has 0 aliphatic carbocycles. The Labute approximate surface area is 123 Å². The van der Waals surface area contributed by atoms with Gasteiger partial charge in [0.15, 0.2) is 0 Å². The average Bonchev–Trinajstić information content (AvgIpc) is 2.43. The van der Waals surface area contributed by atoms with E-state index in [1.165, 1.54) is 0 Å². The van der Waals surface area contributed by atoms with Crippen molar-refractivity contribution in [3.05, 3.63) is 70.2 Å². The Morgan fingerprint density at radius 3 is 2.26 bits per heavy atom. The highest BCUT2D eigenvalue weighted by Crippen LogP contribution is 2.32. The lowest BCUT2D eigenvalue weighted by Crippen LogP contribution is -2.28. The lowest BCUT2D eigenvalue weighted by molar-refractivity contribution is 0.0267. The monoisotopic (exact) mass is 318 g/mol. The van der Waals surface area contributed by atoms with Crippen LogP contribution in [0.2, 0.25) is 0 Å². The first-order valence-electron chi connectivity index (χ1n) is 6.67. The fourth-order valence-corrected chi connectivity index (χ4v) is 2.88.